The van der Waals surface area contributed by atoms with Crippen LogP contribution in [0, 0.1) is 0 Å². The average molecular weight is 515 g/mol. The van der Waals surface area contributed by atoms with E-state index < -0.39 is 17.7 Å². The molecule has 38 heavy (non-hydrogen) atoms. The van der Waals surface area contributed by atoms with E-state index in [4.69, 9.17) is 14.2 Å². The molecule has 8 heteroatoms. The Bertz CT molecular complexity index is 1400. The van der Waals surface area contributed by atoms with Gasteiger partial charge >= 0.3 is 0 Å². The normalized spacial score (nSPS) is 19.8. The molecule has 1 fully saturated rings. The lowest BCUT2D eigenvalue weighted by molar-refractivity contribution is -0.140. The van der Waals surface area contributed by atoms with E-state index in [1.807, 2.05) is 26.8 Å². The number of aromatic nitrogens is 1. The summed E-state index contributed by atoms with van der Waals surface area (Å²) >= 11 is 0. The number of ketones is 1. The maximum atomic E-state index is 13.5. The molecule has 196 valence electrons. The number of rotatable bonds is 8. The summed E-state index contributed by atoms with van der Waals surface area (Å²) in [6, 6.07) is 13.4. The summed E-state index contributed by atoms with van der Waals surface area (Å²) in [5, 5.41) is 11.5. The molecule has 0 radical (unpaired) electrons. The number of hydrogen-bond acceptors (Lipinski definition) is 7. The molecule has 2 atom stereocenters. The SMILES string of the molecule is CCOc1ccc([C@@H]2C(=C(O)c3ccc4c(c3)C[C@@H](C)O4)C(=O)C(=O)N2Cc2ccncc2)cc1OCC. The van der Waals surface area contributed by atoms with Gasteiger partial charge in [-0.2, -0.15) is 0 Å². The lowest BCUT2D eigenvalue weighted by Crippen LogP contribution is -2.29. The predicted octanol–water partition coefficient (Wildman–Crippen LogP) is 4.82. The van der Waals surface area contributed by atoms with Gasteiger partial charge in [0.25, 0.3) is 11.7 Å². The van der Waals surface area contributed by atoms with Crippen LogP contribution >= 0.6 is 0 Å². The predicted molar refractivity (Wildman–Crippen MR) is 141 cm³/mol. The molecule has 0 bridgehead atoms. The minimum atomic E-state index is -0.832. The number of ether oxygens (including phenoxy) is 3. The maximum absolute atomic E-state index is 13.5. The summed E-state index contributed by atoms with van der Waals surface area (Å²) < 4.78 is 17.3. The van der Waals surface area contributed by atoms with Crippen molar-refractivity contribution < 1.29 is 28.9 Å². The number of aliphatic hydroxyl groups excluding tert-OH is 1. The van der Waals surface area contributed by atoms with E-state index in [2.05, 4.69) is 4.98 Å². The second-order valence-corrected chi connectivity index (χ2v) is 9.31. The minimum Gasteiger partial charge on any atom is -0.507 e. The standard InChI is InChI=1S/C30H30N2O6/c1-4-36-24-9-6-20(16-25(24)37-5-2)27-26(28(33)21-7-8-23-22(15-21)14-18(3)38-23)29(34)30(35)32(27)17-19-10-12-31-13-11-19/h6-13,15-16,18,27,33H,4-5,14,17H2,1-3H3/t18-,27-/m1/s1. The Hall–Kier alpha value is -4.33. The van der Waals surface area contributed by atoms with Gasteiger partial charge in [0.05, 0.1) is 24.8 Å². The van der Waals surface area contributed by atoms with Crippen LogP contribution in [0.3, 0.4) is 0 Å². The Kier molecular flexibility index (Phi) is 7.05. The maximum Gasteiger partial charge on any atom is 0.295 e. The average Bonchev–Trinajstić information content (AvgIpc) is 3.41. The molecule has 2 aliphatic rings. The highest BCUT2D eigenvalue weighted by molar-refractivity contribution is 6.46. The number of Topliss-reactive ketones (excluding diaryl/α,β-unsaturated/α-hetero) is 1. The fraction of sp³-hybridized carbons (Fsp3) is 0.300. The Labute approximate surface area is 221 Å². The van der Waals surface area contributed by atoms with E-state index in [9.17, 15) is 14.7 Å². The van der Waals surface area contributed by atoms with Gasteiger partial charge in [0.2, 0.25) is 0 Å². The van der Waals surface area contributed by atoms with E-state index in [-0.39, 0.29) is 24.0 Å². The number of aliphatic hydroxyl groups is 1. The van der Waals surface area contributed by atoms with E-state index in [0.29, 0.717) is 42.3 Å². The minimum absolute atomic E-state index is 0.0302. The van der Waals surface area contributed by atoms with Crippen LogP contribution in [-0.2, 0) is 22.6 Å². The number of likely N-dealkylation sites (tertiary alicyclic amines) is 1. The van der Waals surface area contributed by atoms with Crippen LogP contribution < -0.4 is 14.2 Å². The molecule has 1 aromatic heterocycles. The van der Waals surface area contributed by atoms with E-state index in [1.54, 1.807) is 54.9 Å². The molecule has 2 aliphatic heterocycles. The molecule has 2 aromatic carbocycles. The highest BCUT2D eigenvalue weighted by Crippen LogP contribution is 2.43. The van der Waals surface area contributed by atoms with Gasteiger partial charge in [-0.05, 0) is 79.9 Å². The van der Waals surface area contributed by atoms with Crippen molar-refractivity contribution >= 4 is 17.4 Å². The number of nitrogens with zero attached hydrogens (tertiary/aromatic N) is 2. The number of fused-ring (bicyclic) bond motifs is 1. The monoisotopic (exact) mass is 514 g/mol. The zero-order chi connectivity index (χ0) is 26.8. The third-order valence-corrected chi connectivity index (χ3v) is 6.69. The Morgan fingerprint density at radius 3 is 2.50 bits per heavy atom. The van der Waals surface area contributed by atoms with Gasteiger partial charge in [0.1, 0.15) is 17.6 Å². The number of hydrogen-bond donors (Lipinski definition) is 1. The lowest BCUT2D eigenvalue weighted by Gasteiger charge is -2.26. The summed E-state index contributed by atoms with van der Waals surface area (Å²) in [5.41, 5.74) is 2.88. The molecule has 0 saturated carbocycles. The van der Waals surface area contributed by atoms with Gasteiger partial charge < -0.3 is 24.2 Å². The van der Waals surface area contributed by atoms with Crippen LogP contribution in [0.4, 0.5) is 0 Å². The molecule has 1 amide bonds. The largest absolute Gasteiger partial charge is 0.507 e. The molecule has 3 heterocycles. The summed E-state index contributed by atoms with van der Waals surface area (Å²) in [4.78, 5) is 32.4. The van der Waals surface area contributed by atoms with Gasteiger partial charge in [-0.3, -0.25) is 14.6 Å². The van der Waals surface area contributed by atoms with E-state index >= 15 is 0 Å². The third-order valence-electron chi connectivity index (χ3n) is 6.69. The molecule has 5 rings (SSSR count). The van der Waals surface area contributed by atoms with Gasteiger partial charge in [-0.25, -0.2) is 0 Å². The van der Waals surface area contributed by atoms with Crippen LogP contribution in [0.25, 0.3) is 5.76 Å². The summed E-state index contributed by atoms with van der Waals surface area (Å²) in [7, 11) is 0. The van der Waals surface area contributed by atoms with Gasteiger partial charge in [0, 0.05) is 30.9 Å². The fourth-order valence-electron chi connectivity index (χ4n) is 5.04. The quantitative estimate of drug-likeness (QED) is 0.261. The number of pyridine rings is 1. The second-order valence-electron chi connectivity index (χ2n) is 9.31. The Morgan fingerprint density at radius 1 is 1.03 bits per heavy atom. The third kappa shape index (κ3) is 4.69. The van der Waals surface area contributed by atoms with E-state index in [1.165, 1.54) is 4.90 Å². The molecule has 1 saturated heterocycles. The first kappa shape index (κ1) is 25.3. The first-order valence-corrected chi connectivity index (χ1v) is 12.8. The zero-order valence-corrected chi connectivity index (χ0v) is 21.6. The van der Waals surface area contributed by atoms with Gasteiger partial charge in [-0.15, -0.1) is 0 Å². The van der Waals surface area contributed by atoms with Crippen LogP contribution in [0.5, 0.6) is 17.2 Å². The molecule has 1 N–H and O–H groups in total. The van der Waals surface area contributed by atoms with Crippen LogP contribution in [0.15, 0.2) is 66.5 Å². The summed E-state index contributed by atoms with van der Waals surface area (Å²) in [6.07, 6.45) is 4.01. The van der Waals surface area contributed by atoms with E-state index in [0.717, 1.165) is 16.9 Å². The summed E-state index contributed by atoms with van der Waals surface area (Å²) in [6.45, 7) is 6.77. The van der Waals surface area contributed by atoms with Crippen molar-refractivity contribution in [3.05, 3.63) is 88.8 Å². The van der Waals surface area contributed by atoms with Gasteiger partial charge in [-0.1, -0.05) is 6.07 Å². The Morgan fingerprint density at radius 2 is 1.76 bits per heavy atom. The molecule has 3 aromatic rings. The van der Waals surface area contributed by atoms with Crippen molar-refractivity contribution in [2.24, 2.45) is 0 Å². The molecule has 0 spiro atoms. The van der Waals surface area contributed by atoms with Crippen molar-refractivity contribution in [3.8, 4) is 17.2 Å². The molecule has 0 aliphatic carbocycles. The van der Waals surface area contributed by atoms with Crippen LogP contribution in [0.2, 0.25) is 0 Å². The first-order chi connectivity index (χ1) is 18.4. The topological polar surface area (TPSA) is 98.2 Å². The number of carbonyl (C=O) groups is 2. The van der Waals surface area contributed by atoms with Crippen molar-refractivity contribution in [1.29, 1.82) is 0 Å². The molecule has 8 nitrogen and oxygen atoms in total. The summed E-state index contributed by atoms with van der Waals surface area (Å²) in [5.74, 6) is 0.190. The fourth-order valence-corrected chi connectivity index (χ4v) is 5.04. The van der Waals surface area contributed by atoms with Crippen LogP contribution in [0.1, 0.15) is 49.1 Å². The number of carbonyl (C=O) groups excluding carboxylic acids is 2. The number of amides is 1. The van der Waals surface area contributed by atoms with Crippen LogP contribution in [-0.4, -0.2) is 46.0 Å². The van der Waals surface area contributed by atoms with Crippen molar-refractivity contribution in [1.82, 2.24) is 9.88 Å². The lowest BCUT2D eigenvalue weighted by atomic mass is 9.94. The molecular weight excluding hydrogens is 484 g/mol. The number of benzene rings is 2. The second kappa shape index (κ2) is 10.6. The highest BCUT2D eigenvalue weighted by Gasteiger charge is 2.46. The van der Waals surface area contributed by atoms with Crippen molar-refractivity contribution in [3.63, 3.8) is 0 Å². The highest BCUT2D eigenvalue weighted by atomic mass is 16.5. The first-order valence-electron chi connectivity index (χ1n) is 12.8. The van der Waals surface area contributed by atoms with Crippen molar-refractivity contribution in [2.45, 2.75) is 45.9 Å². The molecular formula is C30H30N2O6. The van der Waals surface area contributed by atoms with Gasteiger partial charge in [0.15, 0.2) is 11.5 Å². The smallest absolute Gasteiger partial charge is 0.295 e. The Balaban J connectivity index is 1.65. The molecule has 0 unspecified atom stereocenters. The zero-order valence-electron chi connectivity index (χ0n) is 21.6. The van der Waals surface area contributed by atoms with Crippen molar-refractivity contribution in [2.75, 3.05) is 13.2 Å².